The Kier molecular flexibility index (Phi) is 6.17. The van der Waals surface area contributed by atoms with Crippen molar-refractivity contribution in [3.05, 3.63) is 59.2 Å². The second-order valence-electron chi connectivity index (χ2n) is 6.29. The van der Waals surface area contributed by atoms with Crippen molar-refractivity contribution in [1.82, 2.24) is 5.32 Å². The molecule has 0 aliphatic rings. The summed E-state index contributed by atoms with van der Waals surface area (Å²) in [6, 6.07) is 13.7. The van der Waals surface area contributed by atoms with Crippen molar-refractivity contribution in [2.24, 2.45) is 0 Å². The number of nitrogens with one attached hydrogen (secondary N) is 2. The van der Waals surface area contributed by atoms with Gasteiger partial charge in [0.05, 0.1) is 13.1 Å². The van der Waals surface area contributed by atoms with Crippen molar-refractivity contribution in [1.29, 1.82) is 0 Å². The summed E-state index contributed by atoms with van der Waals surface area (Å²) in [6.45, 7) is 6.09. The highest BCUT2D eigenvalue weighted by atomic mass is 16.2. The Labute approximate surface area is 149 Å². The van der Waals surface area contributed by atoms with Crippen LogP contribution in [0, 0.1) is 20.8 Å². The Morgan fingerprint density at radius 2 is 1.56 bits per heavy atom. The minimum Gasteiger partial charge on any atom is -0.365 e. The fraction of sp³-hybridized carbons (Fsp3) is 0.300. The Hall–Kier alpha value is -2.82. The van der Waals surface area contributed by atoms with E-state index < -0.39 is 0 Å². The molecule has 2 aromatic rings. The number of hydrogen-bond donors (Lipinski definition) is 2. The number of aryl methyl sites for hydroxylation is 3. The van der Waals surface area contributed by atoms with Gasteiger partial charge in [-0.05, 0) is 44.0 Å². The highest BCUT2D eigenvalue weighted by Gasteiger charge is 2.11. The molecule has 0 aliphatic carbocycles. The molecule has 0 aromatic heterocycles. The van der Waals surface area contributed by atoms with Crippen LogP contribution < -0.4 is 15.5 Å². The van der Waals surface area contributed by atoms with Crippen LogP contribution in [0.5, 0.6) is 0 Å². The normalized spacial score (nSPS) is 10.2. The van der Waals surface area contributed by atoms with Crippen LogP contribution in [0.1, 0.15) is 16.7 Å². The van der Waals surface area contributed by atoms with Crippen molar-refractivity contribution < 1.29 is 9.59 Å². The number of carbonyl (C=O) groups excluding carboxylic acids is 2. The minimum absolute atomic E-state index is 0.0474. The van der Waals surface area contributed by atoms with Crippen LogP contribution in [0.15, 0.2) is 42.5 Å². The van der Waals surface area contributed by atoms with E-state index in [1.165, 1.54) is 0 Å². The van der Waals surface area contributed by atoms with E-state index in [1.807, 2.05) is 75.2 Å². The van der Waals surface area contributed by atoms with E-state index in [-0.39, 0.29) is 24.9 Å². The van der Waals surface area contributed by atoms with E-state index >= 15 is 0 Å². The summed E-state index contributed by atoms with van der Waals surface area (Å²) in [5.41, 5.74) is 4.95. The first-order valence-electron chi connectivity index (χ1n) is 8.27. The number of carbonyl (C=O) groups is 2. The molecule has 25 heavy (non-hydrogen) atoms. The van der Waals surface area contributed by atoms with Crippen LogP contribution in [0.4, 0.5) is 11.4 Å². The number of likely N-dealkylation sites (N-methyl/N-ethyl adjacent to an activating group) is 1. The number of benzene rings is 2. The largest absolute Gasteiger partial charge is 0.365 e. The Bertz CT molecular complexity index is 734. The third-order valence-corrected chi connectivity index (χ3v) is 3.97. The van der Waals surface area contributed by atoms with E-state index in [2.05, 4.69) is 10.6 Å². The molecule has 0 heterocycles. The third-order valence-electron chi connectivity index (χ3n) is 3.97. The third kappa shape index (κ3) is 5.35. The van der Waals surface area contributed by atoms with Crippen molar-refractivity contribution in [3.8, 4) is 0 Å². The number of anilines is 2. The molecule has 5 nitrogen and oxygen atoms in total. The fourth-order valence-corrected chi connectivity index (χ4v) is 2.78. The molecule has 2 amide bonds. The zero-order chi connectivity index (χ0) is 18.4. The molecule has 0 bridgehead atoms. The summed E-state index contributed by atoms with van der Waals surface area (Å²) in [5.74, 6) is -0.426. The highest BCUT2D eigenvalue weighted by molar-refractivity contribution is 5.96. The summed E-state index contributed by atoms with van der Waals surface area (Å²) >= 11 is 0. The molecular weight excluding hydrogens is 314 g/mol. The minimum atomic E-state index is -0.231. The molecule has 0 aliphatic heterocycles. The van der Waals surface area contributed by atoms with Gasteiger partial charge in [0.25, 0.3) is 0 Å². The predicted molar refractivity (Wildman–Crippen MR) is 102 cm³/mol. The molecule has 0 unspecified atom stereocenters. The van der Waals surface area contributed by atoms with E-state index in [9.17, 15) is 9.59 Å². The maximum Gasteiger partial charge on any atom is 0.243 e. The number of amides is 2. The van der Waals surface area contributed by atoms with Crippen LogP contribution in [0.3, 0.4) is 0 Å². The molecule has 0 fully saturated rings. The standard InChI is InChI=1S/C20H25N3O2/c1-14-10-15(2)20(16(3)11-14)22-18(24)12-21-19(25)13-23(4)17-8-6-5-7-9-17/h5-11H,12-13H2,1-4H3,(H,21,25)(H,22,24). The fourth-order valence-electron chi connectivity index (χ4n) is 2.78. The molecule has 0 radical (unpaired) electrons. The Morgan fingerprint density at radius 3 is 2.16 bits per heavy atom. The molecule has 0 saturated heterocycles. The van der Waals surface area contributed by atoms with Crippen molar-refractivity contribution in [2.75, 3.05) is 30.4 Å². The van der Waals surface area contributed by atoms with E-state index in [0.29, 0.717) is 0 Å². The number of para-hydroxylation sites is 1. The van der Waals surface area contributed by atoms with Gasteiger partial charge in [-0.25, -0.2) is 0 Å². The lowest BCUT2D eigenvalue weighted by atomic mass is 10.1. The van der Waals surface area contributed by atoms with E-state index in [4.69, 9.17) is 0 Å². The summed E-state index contributed by atoms with van der Waals surface area (Å²) in [6.07, 6.45) is 0. The van der Waals surface area contributed by atoms with Gasteiger partial charge >= 0.3 is 0 Å². The average Bonchev–Trinajstić information content (AvgIpc) is 2.57. The van der Waals surface area contributed by atoms with Gasteiger partial charge in [0.2, 0.25) is 11.8 Å². The SMILES string of the molecule is Cc1cc(C)c(NC(=O)CNC(=O)CN(C)c2ccccc2)c(C)c1. The molecule has 132 valence electrons. The lowest BCUT2D eigenvalue weighted by Crippen LogP contribution is -2.39. The lowest BCUT2D eigenvalue weighted by molar-refractivity contribution is -0.123. The van der Waals surface area contributed by atoms with Gasteiger partial charge in [0, 0.05) is 18.4 Å². The second-order valence-corrected chi connectivity index (χ2v) is 6.29. The van der Waals surface area contributed by atoms with Gasteiger partial charge in [0.15, 0.2) is 0 Å². The zero-order valence-corrected chi connectivity index (χ0v) is 15.2. The van der Waals surface area contributed by atoms with Crippen LogP contribution >= 0.6 is 0 Å². The molecule has 0 atom stereocenters. The quantitative estimate of drug-likeness (QED) is 0.851. The summed E-state index contributed by atoms with van der Waals surface area (Å²) < 4.78 is 0. The number of rotatable bonds is 6. The summed E-state index contributed by atoms with van der Waals surface area (Å²) in [4.78, 5) is 26.0. The first-order valence-corrected chi connectivity index (χ1v) is 8.27. The molecule has 2 aromatic carbocycles. The molecule has 0 saturated carbocycles. The van der Waals surface area contributed by atoms with Crippen LogP contribution in [-0.4, -0.2) is 32.0 Å². The average molecular weight is 339 g/mol. The van der Waals surface area contributed by atoms with Gasteiger partial charge in [-0.3, -0.25) is 9.59 Å². The second kappa shape index (κ2) is 8.33. The maximum absolute atomic E-state index is 12.1. The summed E-state index contributed by atoms with van der Waals surface area (Å²) in [5, 5.41) is 5.54. The molecule has 5 heteroatoms. The van der Waals surface area contributed by atoms with Gasteiger partial charge < -0.3 is 15.5 Å². The molecule has 2 rings (SSSR count). The highest BCUT2D eigenvalue weighted by Crippen LogP contribution is 2.21. The van der Waals surface area contributed by atoms with Gasteiger partial charge in [-0.2, -0.15) is 0 Å². The zero-order valence-electron chi connectivity index (χ0n) is 15.2. The van der Waals surface area contributed by atoms with Gasteiger partial charge in [0.1, 0.15) is 0 Å². The van der Waals surface area contributed by atoms with E-state index in [1.54, 1.807) is 0 Å². The predicted octanol–water partition coefficient (Wildman–Crippen LogP) is 2.80. The number of nitrogens with zero attached hydrogens (tertiary/aromatic N) is 1. The van der Waals surface area contributed by atoms with Gasteiger partial charge in [-0.1, -0.05) is 35.9 Å². The Morgan fingerprint density at radius 1 is 0.960 bits per heavy atom. The van der Waals surface area contributed by atoms with Crippen LogP contribution in [0.25, 0.3) is 0 Å². The topological polar surface area (TPSA) is 61.4 Å². The molecule has 0 spiro atoms. The van der Waals surface area contributed by atoms with Crippen molar-refractivity contribution in [2.45, 2.75) is 20.8 Å². The van der Waals surface area contributed by atoms with Gasteiger partial charge in [-0.15, -0.1) is 0 Å². The van der Waals surface area contributed by atoms with Crippen molar-refractivity contribution >= 4 is 23.2 Å². The first kappa shape index (κ1) is 18.5. The van der Waals surface area contributed by atoms with Crippen LogP contribution in [0.2, 0.25) is 0 Å². The number of hydrogen-bond acceptors (Lipinski definition) is 3. The van der Waals surface area contributed by atoms with E-state index in [0.717, 1.165) is 28.1 Å². The van der Waals surface area contributed by atoms with Crippen LogP contribution in [-0.2, 0) is 9.59 Å². The smallest absolute Gasteiger partial charge is 0.243 e. The van der Waals surface area contributed by atoms with Crippen molar-refractivity contribution in [3.63, 3.8) is 0 Å². The molecule has 2 N–H and O–H groups in total. The first-order chi connectivity index (χ1) is 11.9. The monoisotopic (exact) mass is 339 g/mol. The Balaban J connectivity index is 1.85. The maximum atomic E-state index is 12.1. The summed E-state index contributed by atoms with van der Waals surface area (Å²) in [7, 11) is 1.84. The lowest BCUT2D eigenvalue weighted by Gasteiger charge is -2.18. The molecular formula is C20H25N3O2.